The van der Waals surface area contributed by atoms with Gasteiger partial charge in [-0.15, -0.1) is 0 Å². The fourth-order valence-electron chi connectivity index (χ4n) is 3.57. The molecule has 1 aliphatic rings. The van der Waals surface area contributed by atoms with Gasteiger partial charge >= 0.3 is 0 Å². The monoisotopic (exact) mass is 294 g/mol. The van der Waals surface area contributed by atoms with Gasteiger partial charge in [0.15, 0.2) is 0 Å². The van der Waals surface area contributed by atoms with E-state index in [1.807, 2.05) is 19.1 Å². The smallest absolute Gasteiger partial charge is 0.128 e. The first kappa shape index (κ1) is 16.4. The Bertz CT molecular complexity index is 483. The number of hydrogen-bond donors (Lipinski definition) is 1. The molecule has 2 atom stereocenters. The molecule has 1 aromatic rings. The third kappa shape index (κ3) is 3.82. The van der Waals surface area contributed by atoms with Crippen LogP contribution in [0.3, 0.4) is 0 Å². The molecule has 2 rings (SSSR count). The molecule has 0 radical (unpaired) electrons. The van der Waals surface area contributed by atoms with Gasteiger partial charge in [-0.2, -0.15) is 0 Å². The minimum atomic E-state index is -0.278. The predicted molar refractivity (Wildman–Crippen MR) is 83.6 cm³/mol. The minimum Gasteiger partial charge on any atom is -0.367 e. The van der Waals surface area contributed by atoms with E-state index in [0.717, 1.165) is 13.1 Å². The van der Waals surface area contributed by atoms with Gasteiger partial charge in [0, 0.05) is 24.7 Å². The van der Waals surface area contributed by atoms with Crippen LogP contribution in [-0.2, 0) is 4.74 Å². The van der Waals surface area contributed by atoms with Crippen LogP contribution in [0.2, 0.25) is 0 Å². The van der Waals surface area contributed by atoms with Gasteiger partial charge in [0.2, 0.25) is 0 Å². The highest BCUT2D eigenvalue weighted by molar-refractivity contribution is 5.23. The maximum Gasteiger partial charge on any atom is 0.128 e. The SMILES string of the molecule is CC(N)C(c1ccccc1F)N1CC(C)(C)OC(C)(C)C1. The van der Waals surface area contributed by atoms with Crippen molar-refractivity contribution in [3.8, 4) is 0 Å². The summed E-state index contributed by atoms with van der Waals surface area (Å²) in [6.07, 6.45) is 0. The summed E-state index contributed by atoms with van der Waals surface area (Å²) in [5.74, 6) is -0.193. The molecule has 1 aliphatic heterocycles. The van der Waals surface area contributed by atoms with Gasteiger partial charge in [0.25, 0.3) is 0 Å². The molecule has 2 N–H and O–H groups in total. The van der Waals surface area contributed by atoms with Gasteiger partial charge in [0.1, 0.15) is 5.82 Å². The van der Waals surface area contributed by atoms with Crippen LogP contribution < -0.4 is 5.73 Å². The number of rotatable bonds is 3. The first-order valence-corrected chi connectivity index (χ1v) is 7.56. The fourth-order valence-corrected chi connectivity index (χ4v) is 3.57. The van der Waals surface area contributed by atoms with Crippen LogP contribution in [0.1, 0.15) is 46.2 Å². The molecule has 0 aliphatic carbocycles. The van der Waals surface area contributed by atoms with E-state index in [-0.39, 0.29) is 29.1 Å². The lowest BCUT2D eigenvalue weighted by atomic mass is 9.92. The van der Waals surface area contributed by atoms with Gasteiger partial charge in [-0.1, -0.05) is 18.2 Å². The van der Waals surface area contributed by atoms with Crippen molar-refractivity contribution in [2.45, 2.75) is 57.9 Å². The Balaban J connectivity index is 2.37. The summed E-state index contributed by atoms with van der Waals surface area (Å²) in [5.41, 5.74) is 6.31. The van der Waals surface area contributed by atoms with Gasteiger partial charge in [0.05, 0.1) is 17.2 Å². The Morgan fingerprint density at radius 3 is 2.14 bits per heavy atom. The molecule has 1 heterocycles. The van der Waals surface area contributed by atoms with Crippen molar-refractivity contribution in [1.82, 2.24) is 4.90 Å². The van der Waals surface area contributed by atoms with Crippen molar-refractivity contribution in [2.75, 3.05) is 13.1 Å². The second-order valence-corrected chi connectivity index (χ2v) is 7.35. The number of halogens is 1. The van der Waals surface area contributed by atoms with Crippen LogP contribution in [-0.4, -0.2) is 35.2 Å². The third-order valence-electron chi connectivity index (χ3n) is 3.84. The Kier molecular flexibility index (Phi) is 4.43. The van der Waals surface area contributed by atoms with E-state index >= 15 is 0 Å². The summed E-state index contributed by atoms with van der Waals surface area (Å²) in [4.78, 5) is 2.26. The lowest BCUT2D eigenvalue weighted by Crippen LogP contribution is -2.59. The summed E-state index contributed by atoms with van der Waals surface area (Å²) >= 11 is 0. The molecule has 0 spiro atoms. The molecule has 1 aromatic carbocycles. The van der Waals surface area contributed by atoms with E-state index in [1.54, 1.807) is 6.07 Å². The Morgan fingerprint density at radius 1 is 1.14 bits per heavy atom. The molecular formula is C17H27FN2O. The van der Waals surface area contributed by atoms with Gasteiger partial charge in [-0.25, -0.2) is 4.39 Å². The highest BCUT2D eigenvalue weighted by Crippen LogP contribution is 2.35. The molecule has 2 unspecified atom stereocenters. The molecule has 118 valence electrons. The Morgan fingerprint density at radius 2 is 1.67 bits per heavy atom. The zero-order valence-electron chi connectivity index (χ0n) is 13.7. The van der Waals surface area contributed by atoms with Crippen LogP contribution in [0.5, 0.6) is 0 Å². The molecule has 0 bridgehead atoms. The maximum absolute atomic E-state index is 14.2. The molecule has 21 heavy (non-hydrogen) atoms. The first-order chi connectivity index (χ1) is 9.61. The van der Waals surface area contributed by atoms with Crippen LogP contribution >= 0.6 is 0 Å². The summed E-state index contributed by atoms with van der Waals surface area (Å²) in [6.45, 7) is 11.7. The number of morpholine rings is 1. The molecule has 3 nitrogen and oxygen atoms in total. The molecule has 1 fully saturated rings. The maximum atomic E-state index is 14.2. The zero-order chi connectivity index (χ0) is 15.8. The Labute approximate surface area is 127 Å². The highest BCUT2D eigenvalue weighted by Gasteiger charge is 2.42. The number of hydrogen-bond acceptors (Lipinski definition) is 3. The molecular weight excluding hydrogens is 267 g/mol. The molecule has 0 saturated carbocycles. The van der Waals surface area contributed by atoms with Crippen molar-refractivity contribution in [3.05, 3.63) is 35.6 Å². The summed E-state index contributed by atoms with van der Waals surface area (Å²) in [5, 5.41) is 0. The van der Waals surface area contributed by atoms with E-state index in [4.69, 9.17) is 10.5 Å². The molecule has 1 saturated heterocycles. The van der Waals surface area contributed by atoms with Crippen LogP contribution in [0.25, 0.3) is 0 Å². The fraction of sp³-hybridized carbons (Fsp3) is 0.647. The molecule has 4 heteroatoms. The lowest BCUT2D eigenvalue weighted by molar-refractivity contribution is -0.189. The van der Waals surface area contributed by atoms with Crippen molar-refractivity contribution in [2.24, 2.45) is 5.73 Å². The van der Waals surface area contributed by atoms with Crippen LogP contribution in [0, 0.1) is 5.82 Å². The summed E-state index contributed by atoms with van der Waals surface area (Å²) in [7, 11) is 0. The largest absolute Gasteiger partial charge is 0.367 e. The van der Waals surface area contributed by atoms with E-state index in [2.05, 4.69) is 32.6 Å². The third-order valence-corrected chi connectivity index (χ3v) is 3.84. The Hall–Kier alpha value is -0.970. The standard InChI is InChI=1S/C17H27FN2O/c1-12(19)15(13-8-6-7-9-14(13)18)20-10-16(2,3)21-17(4,5)11-20/h6-9,12,15H,10-11,19H2,1-5H3. The second kappa shape index (κ2) is 5.67. The summed E-state index contributed by atoms with van der Waals surface area (Å²) in [6, 6.07) is 6.61. The normalized spacial score (nSPS) is 24.5. The van der Waals surface area contributed by atoms with E-state index in [1.165, 1.54) is 6.07 Å². The average Bonchev–Trinajstić information content (AvgIpc) is 2.27. The average molecular weight is 294 g/mol. The predicted octanol–water partition coefficient (Wildman–Crippen LogP) is 3.10. The lowest BCUT2D eigenvalue weighted by Gasteiger charge is -2.50. The molecule has 0 amide bonds. The topological polar surface area (TPSA) is 38.5 Å². The zero-order valence-corrected chi connectivity index (χ0v) is 13.7. The number of ether oxygens (including phenoxy) is 1. The van der Waals surface area contributed by atoms with Crippen LogP contribution in [0.4, 0.5) is 4.39 Å². The summed E-state index contributed by atoms with van der Waals surface area (Å²) < 4.78 is 20.3. The number of benzene rings is 1. The minimum absolute atomic E-state index is 0.145. The van der Waals surface area contributed by atoms with Crippen LogP contribution in [0.15, 0.2) is 24.3 Å². The van der Waals surface area contributed by atoms with E-state index in [9.17, 15) is 4.39 Å². The number of nitrogens with zero attached hydrogens (tertiary/aromatic N) is 1. The first-order valence-electron chi connectivity index (χ1n) is 7.56. The highest BCUT2D eigenvalue weighted by atomic mass is 19.1. The van der Waals surface area contributed by atoms with Crippen molar-refractivity contribution < 1.29 is 9.13 Å². The van der Waals surface area contributed by atoms with Gasteiger partial charge < -0.3 is 10.5 Å². The quantitative estimate of drug-likeness (QED) is 0.931. The van der Waals surface area contributed by atoms with E-state index < -0.39 is 0 Å². The number of nitrogens with two attached hydrogens (primary N) is 1. The van der Waals surface area contributed by atoms with Crippen molar-refractivity contribution >= 4 is 0 Å². The van der Waals surface area contributed by atoms with E-state index in [0.29, 0.717) is 5.56 Å². The van der Waals surface area contributed by atoms with Crippen molar-refractivity contribution in [1.29, 1.82) is 0 Å². The van der Waals surface area contributed by atoms with Gasteiger partial charge in [-0.05, 0) is 40.7 Å². The second-order valence-electron chi connectivity index (χ2n) is 7.35. The van der Waals surface area contributed by atoms with Gasteiger partial charge in [-0.3, -0.25) is 4.90 Å². The van der Waals surface area contributed by atoms with Crippen molar-refractivity contribution in [3.63, 3.8) is 0 Å². The molecule has 0 aromatic heterocycles.